The number of anilines is 1. The van der Waals surface area contributed by atoms with Gasteiger partial charge >= 0.3 is 0 Å². The average Bonchev–Trinajstić information content (AvgIpc) is 2.87. The van der Waals surface area contributed by atoms with Gasteiger partial charge in [0.2, 0.25) is 21.8 Å². The van der Waals surface area contributed by atoms with Crippen LogP contribution in [0.25, 0.3) is 0 Å². The smallest absolute Gasteiger partial charge is 0.241 e. The Morgan fingerprint density at radius 2 is 2.00 bits per heavy atom. The first-order valence-electron chi connectivity index (χ1n) is 7.41. The molecule has 0 aromatic heterocycles. The molecule has 2 amide bonds. The molecule has 7 nitrogen and oxygen atoms in total. The second kappa shape index (κ2) is 6.67. The van der Waals surface area contributed by atoms with E-state index in [0.717, 1.165) is 11.3 Å². The number of sulfonamides is 1. The van der Waals surface area contributed by atoms with Crippen LogP contribution in [0.4, 0.5) is 5.69 Å². The fraction of sp³-hybridized carbons (Fsp3) is 0.467. The van der Waals surface area contributed by atoms with Crippen LogP contribution in [0.2, 0.25) is 0 Å². The molecule has 2 N–H and O–H groups in total. The summed E-state index contributed by atoms with van der Waals surface area (Å²) in [7, 11) is -3.76. The highest BCUT2D eigenvalue weighted by molar-refractivity contribution is 7.89. The molecule has 0 unspecified atom stereocenters. The maximum Gasteiger partial charge on any atom is 0.241 e. The van der Waals surface area contributed by atoms with Crippen LogP contribution in [0.1, 0.15) is 26.3 Å². The molecule has 23 heavy (non-hydrogen) atoms. The number of amides is 2. The minimum Gasteiger partial charge on any atom is -0.353 e. The zero-order valence-electron chi connectivity index (χ0n) is 13.4. The highest BCUT2D eigenvalue weighted by Crippen LogP contribution is 2.30. The summed E-state index contributed by atoms with van der Waals surface area (Å²) >= 11 is 0. The van der Waals surface area contributed by atoms with Crippen molar-refractivity contribution < 1.29 is 18.0 Å². The van der Waals surface area contributed by atoms with Crippen LogP contribution in [-0.4, -0.2) is 39.4 Å². The van der Waals surface area contributed by atoms with Gasteiger partial charge in [-0.3, -0.25) is 9.59 Å². The summed E-state index contributed by atoms with van der Waals surface area (Å²) in [5, 5.41) is 2.62. The second-order valence-electron chi connectivity index (χ2n) is 5.76. The Bertz CT molecular complexity index is 728. The lowest BCUT2D eigenvalue weighted by Gasteiger charge is -2.15. The number of nitrogens with one attached hydrogen (secondary N) is 2. The molecule has 1 aromatic carbocycles. The highest BCUT2D eigenvalue weighted by Gasteiger charge is 2.25. The Kier molecular flexibility index (Phi) is 5.06. The number of hydrogen-bond acceptors (Lipinski definition) is 4. The maximum atomic E-state index is 12.3. The molecule has 0 spiro atoms. The topological polar surface area (TPSA) is 95.6 Å². The van der Waals surface area contributed by atoms with Crippen molar-refractivity contribution >= 4 is 27.5 Å². The van der Waals surface area contributed by atoms with E-state index in [1.54, 1.807) is 30.9 Å². The van der Waals surface area contributed by atoms with Crippen molar-refractivity contribution in [3.63, 3.8) is 0 Å². The molecule has 0 atom stereocenters. The van der Waals surface area contributed by atoms with Crippen molar-refractivity contribution in [2.45, 2.75) is 38.1 Å². The van der Waals surface area contributed by atoms with Gasteiger partial charge in [0.25, 0.3) is 0 Å². The van der Waals surface area contributed by atoms with Crippen LogP contribution in [-0.2, 0) is 26.0 Å². The summed E-state index contributed by atoms with van der Waals surface area (Å²) in [4.78, 5) is 24.8. The van der Waals surface area contributed by atoms with Crippen molar-refractivity contribution in [3.05, 3.63) is 23.8 Å². The Balaban J connectivity index is 2.13. The predicted octanol–water partition coefficient (Wildman–Crippen LogP) is 0.399. The van der Waals surface area contributed by atoms with Crippen molar-refractivity contribution in [2.24, 2.45) is 0 Å². The summed E-state index contributed by atoms with van der Waals surface area (Å²) in [5.41, 5.74) is 1.56. The van der Waals surface area contributed by atoms with Crippen LogP contribution in [0.5, 0.6) is 0 Å². The van der Waals surface area contributed by atoms with Gasteiger partial charge in [0.15, 0.2) is 0 Å². The Labute approximate surface area is 136 Å². The highest BCUT2D eigenvalue weighted by atomic mass is 32.2. The van der Waals surface area contributed by atoms with E-state index in [-0.39, 0.29) is 29.3 Å². The molecule has 1 aliphatic heterocycles. The van der Waals surface area contributed by atoms with Gasteiger partial charge in [-0.1, -0.05) is 0 Å². The van der Waals surface area contributed by atoms with Gasteiger partial charge in [-0.25, -0.2) is 13.1 Å². The third-order valence-corrected chi connectivity index (χ3v) is 4.91. The van der Waals surface area contributed by atoms with E-state index in [4.69, 9.17) is 0 Å². The summed E-state index contributed by atoms with van der Waals surface area (Å²) < 4.78 is 26.8. The van der Waals surface area contributed by atoms with Crippen LogP contribution in [0.3, 0.4) is 0 Å². The molecule has 0 aliphatic carbocycles. The van der Waals surface area contributed by atoms with Crippen molar-refractivity contribution in [3.8, 4) is 0 Å². The van der Waals surface area contributed by atoms with Gasteiger partial charge in [0.05, 0.1) is 11.4 Å². The normalized spacial score (nSPS) is 14.0. The number of carbonyl (C=O) groups excluding carboxylic acids is 2. The average molecular weight is 339 g/mol. The SMILES string of the molecule is CC(=O)N1CCc2cc(S(=O)(=O)NCC(=O)NC(C)C)ccc21. The fourth-order valence-corrected chi connectivity index (χ4v) is 3.52. The Morgan fingerprint density at radius 3 is 2.61 bits per heavy atom. The van der Waals surface area contributed by atoms with Crippen LogP contribution in [0, 0.1) is 0 Å². The summed E-state index contributed by atoms with van der Waals surface area (Å²) in [6.07, 6.45) is 0.617. The van der Waals surface area contributed by atoms with Crippen LogP contribution >= 0.6 is 0 Å². The molecular weight excluding hydrogens is 318 g/mol. The van der Waals surface area contributed by atoms with E-state index in [0.29, 0.717) is 13.0 Å². The molecule has 2 rings (SSSR count). The summed E-state index contributed by atoms with van der Waals surface area (Å²) in [6, 6.07) is 4.58. The molecule has 1 aromatic rings. The van der Waals surface area contributed by atoms with Gasteiger partial charge in [0, 0.05) is 25.2 Å². The lowest BCUT2D eigenvalue weighted by molar-refractivity contribution is -0.120. The number of rotatable bonds is 5. The molecule has 1 aliphatic rings. The number of nitrogens with zero attached hydrogens (tertiary/aromatic N) is 1. The molecule has 126 valence electrons. The molecule has 1 heterocycles. The first kappa shape index (κ1) is 17.4. The zero-order chi connectivity index (χ0) is 17.2. The number of hydrogen-bond donors (Lipinski definition) is 2. The number of benzene rings is 1. The molecule has 0 radical (unpaired) electrons. The Morgan fingerprint density at radius 1 is 1.30 bits per heavy atom. The first-order chi connectivity index (χ1) is 10.7. The quantitative estimate of drug-likeness (QED) is 0.812. The molecule has 0 saturated heterocycles. The molecule has 0 bridgehead atoms. The van der Waals surface area contributed by atoms with E-state index in [2.05, 4.69) is 10.0 Å². The second-order valence-corrected chi connectivity index (χ2v) is 7.52. The maximum absolute atomic E-state index is 12.3. The van der Waals surface area contributed by atoms with Crippen LogP contribution in [0.15, 0.2) is 23.1 Å². The number of fused-ring (bicyclic) bond motifs is 1. The van der Waals surface area contributed by atoms with Crippen molar-refractivity contribution in [2.75, 3.05) is 18.0 Å². The summed E-state index contributed by atoms with van der Waals surface area (Å²) in [5.74, 6) is -0.449. The summed E-state index contributed by atoms with van der Waals surface area (Å²) in [6.45, 7) is 5.32. The van der Waals surface area contributed by atoms with Gasteiger partial charge in [-0.15, -0.1) is 0 Å². The van der Waals surface area contributed by atoms with Gasteiger partial charge < -0.3 is 10.2 Å². The van der Waals surface area contributed by atoms with Gasteiger partial charge in [-0.2, -0.15) is 0 Å². The lowest BCUT2D eigenvalue weighted by Crippen LogP contribution is -2.39. The molecular formula is C15H21N3O4S. The monoisotopic (exact) mass is 339 g/mol. The third-order valence-electron chi connectivity index (χ3n) is 3.51. The first-order valence-corrected chi connectivity index (χ1v) is 8.89. The minimum absolute atomic E-state index is 0.0513. The van der Waals surface area contributed by atoms with Gasteiger partial charge in [-0.05, 0) is 44.0 Å². The minimum atomic E-state index is -3.76. The van der Waals surface area contributed by atoms with E-state index in [9.17, 15) is 18.0 Å². The molecule has 8 heteroatoms. The third kappa shape index (κ3) is 4.08. The standard InChI is InChI=1S/C15H21N3O4S/c1-10(2)17-15(20)9-16-23(21,22)13-4-5-14-12(8-13)6-7-18(14)11(3)19/h4-5,8,10,16H,6-7,9H2,1-3H3,(H,17,20). The van der Waals surface area contributed by atoms with E-state index < -0.39 is 10.0 Å². The van der Waals surface area contributed by atoms with Crippen LogP contribution < -0.4 is 14.9 Å². The lowest BCUT2D eigenvalue weighted by atomic mass is 10.2. The fourth-order valence-electron chi connectivity index (χ4n) is 2.49. The van der Waals surface area contributed by atoms with Gasteiger partial charge in [0.1, 0.15) is 0 Å². The van der Waals surface area contributed by atoms with Crippen molar-refractivity contribution in [1.82, 2.24) is 10.0 Å². The largest absolute Gasteiger partial charge is 0.353 e. The van der Waals surface area contributed by atoms with E-state index >= 15 is 0 Å². The molecule has 0 saturated carbocycles. The van der Waals surface area contributed by atoms with E-state index in [1.165, 1.54) is 13.0 Å². The van der Waals surface area contributed by atoms with E-state index in [1.807, 2.05) is 0 Å². The predicted molar refractivity (Wildman–Crippen MR) is 86.6 cm³/mol. The van der Waals surface area contributed by atoms with Crippen molar-refractivity contribution in [1.29, 1.82) is 0 Å². The zero-order valence-corrected chi connectivity index (χ0v) is 14.2. The molecule has 0 fully saturated rings. The number of carbonyl (C=O) groups is 2. The Hall–Kier alpha value is -1.93.